The molecule has 7 nitrogen and oxygen atoms in total. The summed E-state index contributed by atoms with van der Waals surface area (Å²) in [5, 5.41) is 0. The number of aromatic amines is 1. The van der Waals surface area contributed by atoms with Crippen LogP contribution in [0.4, 0.5) is 13.2 Å². The first-order valence-corrected chi connectivity index (χ1v) is 11.4. The van der Waals surface area contributed by atoms with Crippen molar-refractivity contribution in [2.45, 2.75) is 43.8 Å². The van der Waals surface area contributed by atoms with Gasteiger partial charge < -0.3 is 14.6 Å². The van der Waals surface area contributed by atoms with Crippen LogP contribution in [0.3, 0.4) is 0 Å². The zero-order valence-corrected chi connectivity index (χ0v) is 18.7. The molecule has 1 aromatic carbocycles. The van der Waals surface area contributed by atoms with Crippen LogP contribution in [-0.2, 0) is 6.42 Å². The average molecular weight is 484 g/mol. The van der Waals surface area contributed by atoms with Crippen LogP contribution in [0.5, 0.6) is 5.75 Å². The average Bonchev–Trinajstić information content (AvgIpc) is 3.69. The zero-order valence-electron chi connectivity index (χ0n) is 18.7. The number of H-pyrrole nitrogens is 1. The third-order valence-electron chi connectivity index (χ3n) is 6.29. The number of pyridine rings is 1. The second kappa shape index (κ2) is 9.16. The fourth-order valence-electron chi connectivity index (χ4n) is 4.33. The topological polar surface area (TPSA) is 88.2 Å². The number of nitrogens with one attached hydrogen (secondary N) is 1. The number of carbonyl (C=O) groups is 1. The molecule has 0 unspecified atom stereocenters. The van der Waals surface area contributed by atoms with E-state index in [0.717, 1.165) is 46.3 Å². The molecule has 0 bridgehead atoms. The van der Waals surface area contributed by atoms with Crippen molar-refractivity contribution in [2.75, 3.05) is 13.2 Å². The molecule has 2 aliphatic rings. The normalized spacial score (nSPS) is 17.4. The number of hydrogen-bond acceptors (Lipinski definition) is 5. The predicted molar refractivity (Wildman–Crippen MR) is 121 cm³/mol. The number of ether oxygens (including phenoxy) is 1. The van der Waals surface area contributed by atoms with Gasteiger partial charge in [0.25, 0.3) is 5.91 Å². The Hall–Kier alpha value is -3.69. The molecule has 1 N–H and O–H groups in total. The minimum absolute atomic E-state index is 0.0269. The van der Waals surface area contributed by atoms with Crippen LogP contribution in [0.1, 0.15) is 46.9 Å². The Morgan fingerprint density at radius 1 is 1.17 bits per heavy atom. The molecule has 0 radical (unpaired) electrons. The smallest absolute Gasteiger partial charge is 0.390 e. The molecule has 1 saturated carbocycles. The molecule has 3 heterocycles. The molecule has 35 heavy (non-hydrogen) atoms. The van der Waals surface area contributed by atoms with Crippen molar-refractivity contribution in [3.63, 3.8) is 0 Å². The highest BCUT2D eigenvalue weighted by molar-refractivity contribution is 5.94. The van der Waals surface area contributed by atoms with Gasteiger partial charge in [-0.05, 0) is 30.5 Å². The molecule has 3 aromatic rings. The number of benzene rings is 1. The summed E-state index contributed by atoms with van der Waals surface area (Å²) in [6.07, 6.45) is 1.67. The number of rotatable bonds is 6. The molecule has 182 valence electrons. The summed E-state index contributed by atoms with van der Waals surface area (Å²) in [5.74, 6) is 1.20. The van der Waals surface area contributed by atoms with Crippen molar-refractivity contribution in [1.82, 2.24) is 19.9 Å². The zero-order chi connectivity index (χ0) is 24.6. The van der Waals surface area contributed by atoms with E-state index < -0.39 is 36.7 Å². The SMILES string of the molecule is O=C(c1cc[nH]c(=O)c1)N(CCC(F)(F)F)[C@@H]1COc2cccc(-c3cnc(C4CC4)nc3)c2C1. The van der Waals surface area contributed by atoms with Gasteiger partial charge in [0.2, 0.25) is 5.56 Å². The molecule has 1 amide bonds. The van der Waals surface area contributed by atoms with E-state index in [-0.39, 0.29) is 12.2 Å². The first-order valence-electron chi connectivity index (χ1n) is 11.4. The summed E-state index contributed by atoms with van der Waals surface area (Å²) >= 11 is 0. The highest BCUT2D eigenvalue weighted by atomic mass is 19.4. The van der Waals surface area contributed by atoms with E-state index in [0.29, 0.717) is 18.1 Å². The fraction of sp³-hybridized carbons (Fsp3) is 0.360. The maximum atomic E-state index is 13.2. The Balaban J connectivity index is 1.45. The lowest BCUT2D eigenvalue weighted by Gasteiger charge is -2.36. The maximum Gasteiger partial charge on any atom is 0.390 e. The van der Waals surface area contributed by atoms with Gasteiger partial charge in [0.05, 0.1) is 12.5 Å². The quantitative estimate of drug-likeness (QED) is 0.569. The van der Waals surface area contributed by atoms with Gasteiger partial charge in [-0.3, -0.25) is 9.59 Å². The highest BCUT2D eigenvalue weighted by Crippen LogP contribution is 2.39. The van der Waals surface area contributed by atoms with E-state index in [1.165, 1.54) is 12.3 Å². The van der Waals surface area contributed by atoms with Crippen molar-refractivity contribution in [3.8, 4) is 16.9 Å². The van der Waals surface area contributed by atoms with E-state index in [1.54, 1.807) is 18.5 Å². The lowest BCUT2D eigenvalue weighted by molar-refractivity contribution is -0.137. The number of aromatic nitrogens is 3. The van der Waals surface area contributed by atoms with E-state index in [2.05, 4.69) is 15.0 Å². The van der Waals surface area contributed by atoms with Crippen LogP contribution in [0, 0.1) is 0 Å². The Bertz CT molecular complexity index is 1290. The molecule has 0 saturated heterocycles. The van der Waals surface area contributed by atoms with Gasteiger partial charge >= 0.3 is 6.18 Å². The number of hydrogen-bond donors (Lipinski definition) is 1. The van der Waals surface area contributed by atoms with Crippen LogP contribution in [0.2, 0.25) is 0 Å². The third kappa shape index (κ3) is 5.21. The molecular weight excluding hydrogens is 461 g/mol. The highest BCUT2D eigenvalue weighted by Gasteiger charge is 2.35. The molecular formula is C25H23F3N4O3. The second-order valence-corrected chi connectivity index (χ2v) is 8.86. The molecule has 1 aliphatic heterocycles. The van der Waals surface area contributed by atoms with Gasteiger partial charge in [-0.15, -0.1) is 0 Å². The third-order valence-corrected chi connectivity index (χ3v) is 6.29. The van der Waals surface area contributed by atoms with Crippen molar-refractivity contribution >= 4 is 5.91 Å². The number of amides is 1. The van der Waals surface area contributed by atoms with Crippen molar-refractivity contribution in [2.24, 2.45) is 0 Å². The first-order chi connectivity index (χ1) is 16.8. The summed E-state index contributed by atoms with van der Waals surface area (Å²) in [6.45, 7) is -0.500. The predicted octanol–water partition coefficient (Wildman–Crippen LogP) is 4.11. The standard InChI is InChI=1S/C25H23F3N4O3/c26-25(27,28)7-9-32(24(34)16-6-8-29-22(33)10-16)18-11-20-19(2-1-3-21(20)35-14-18)17-12-30-23(31-13-17)15-4-5-15/h1-3,6,8,10,12-13,15,18H,4-5,7,9,11,14H2,(H,29,33)/t18-/m0/s1. The van der Waals surface area contributed by atoms with Gasteiger partial charge in [-0.2, -0.15) is 13.2 Å². The number of alkyl halides is 3. The van der Waals surface area contributed by atoms with Gasteiger partial charge in [0, 0.05) is 60.2 Å². The fourth-order valence-corrected chi connectivity index (χ4v) is 4.33. The summed E-state index contributed by atoms with van der Waals surface area (Å²) in [7, 11) is 0. The van der Waals surface area contributed by atoms with Gasteiger partial charge in [-0.1, -0.05) is 12.1 Å². The summed E-state index contributed by atoms with van der Waals surface area (Å²) in [5.41, 5.74) is 1.89. The van der Waals surface area contributed by atoms with Gasteiger partial charge in [0.1, 0.15) is 18.2 Å². The molecule has 10 heteroatoms. The molecule has 1 fully saturated rings. The van der Waals surface area contributed by atoms with Gasteiger partial charge in [0.15, 0.2) is 0 Å². The van der Waals surface area contributed by atoms with Crippen LogP contribution in [0.25, 0.3) is 11.1 Å². The van der Waals surface area contributed by atoms with Crippen molar-refractivity contribution in [1.29, 1.82) is 0 Å². The van der Waals surface area contributed by atoms with E-state index in [9.17, 15) is 22.8 Å². The van der Waals surface area contributed by atoms with Gasteiger partial charge in [-0.25, -0.2) is 9.97 Å². The Morgan fingerprint density at radius 2 is 1.94 bits per heavy atom. The monoisotopic (exact) mass is 484 g/mol. The molecule has 1 atom stereocenters. The molecule has 1 aliphatic carbocycles. The number of nitrogens with zero attached hydrogens (tertiary/aromatic N) is 3. The summed E-state index contributed by atoms with van der Waals surface area (Å²) in [6, 6.07) is 7.35. The summed E-state index contributed by atoms with van der Waals surface area (Å²) < 4.78 is 45.2. The number of halogens is 3. The number of carbonyl (C=O) groups excluding carboxylic acids is 1. The van der Waals surface area contributed by atoms with E-state index in [1.807, 2.05) is 12.1 Å². The van der Waals surface area contributed by atoms with Crippen LogP contribution in [0.15, 0.2) is 53.7 Å². The Labute approximate surface area is 199 Å². The van der Waals surface area contributed by atoms with E-state index >= 15 is 0 Å². The minimum atomic E-state index is -4.44. The lowest BCUT2D eigenvalue weighted by Crippen LogP contribution is -2.48. The Morgan fingerprint density at radius 3 is 2.63 bits per heavy atom. The van der Waals surface area contributed by atoms with Crippen LogP contribution in [-0.4, -0.2) is 51.1 Å². The molecule has 0 spiro atoms. The molecule has 5 rings (SSSR count). The second-order valence-electron chi connectivity index (χ2n) is 8.86. The largest absolute Gasteiger partial charge is 0.491 e. The van der Waals surface area contributed by atoms with Crippen molar-refractivity contribution < 1.29 is 22.7 Å². The Kier molecular flexibility index (Phi) is 6.04. The van der Waals surface area contributed by atoms with Crippen LogP contribution < -0.4 is 10.3 Å². The molecule has 2 aromatic heterocycles. The lowest BCUT2D eigenvalue weighted by atomic mass is 9.93. The van der Waals surface area contributed by atoms with Crippen molar-refractivity contribution in [3.05, 3.63) is 76.2 Å². The summed E-state index contributed by atoms with van der Waals surface area (Å²) in [4.78, 5) is 37.5. The maximum absolute atomic E-state index is 13.2. The van der Waals surface area contributed by atoms with E-state index in [4.69, 9.17) is 4.74 Å². The number of fused-ring (bicyclic) bond motifs is 1. The first kappa shape index (κ1) is 23.1. The van der Waals surface area contributed by atoms with Crippen LogP contribution >= 0.6 is 0 Å². The minimum Gasteiger partial charge on any atom is -0.491 e.